The van der Waals surface area contributed by atoms with Crippen molar-refractivity contribution in [2.45, 2.75) is 39.3 Å². The van der Waals surface area contributed by atoms with Crippen molar-refractivity contribution >= 4 is 5.97 Å². The molecule has 1 fully saturated rings. The molecule has 88 valence electrons. The van der Waals surface area contributed by atoms with Gasteiger partial charge in [0.25, 0.3) is 0 Å². The van der Waals surface area contributed by atoms with Crippen LogP contribution in [0.15, 0.2) is 0 Å². The minimum Gasteiger partial charge on any atom is -0.465 e. The molecule has 1 saturated heterocycles. The number of hydrogen-bond donors (Lipinski definition) is 1. The van der Waals surface area contributed by atoms with Crippen molar-refractivity contribution in [2.24, 2.45) is 0 Å². The van der Waals surface area contributed by atoms with Gasteiger partial charge in [0.05, 0.1) is 6.61 Å². The molecule has 2 atom stereocenters. The molecule has 0 saturated carbocycles. The maximum Gasteiger partial charge on any atom is 0.323 e. The summed E-state index contributed by atoms with van der Waals surface area (Å²) in [5.41, 5.74) is 0. The van der Waals surface area contributed by atoms with Crippen LogP contribution in [0.4, 0.5) is 0 Å². The van der Waals surface area contributed by atoms with E-state index in [0.29, 0.717) is 12.6 Å². The zero-order valence-electron chi connectivity index (χ0n) is 9.95. The Morgan fingerprint density at radius 3 is 2.87 bits per heavy atom. The summed E-state index contributed by atoms with van der Waals surface area (Å²) >= 11 is 0. The van der Waals surface area contributed by atoms with Crippen LogP contribution in [0.1, 0.15) is 27.2 Å². The Balaban J connectivity index is 2.52. The van der Waals surface area contributed by atoms with Crippen molar-refractivity contribution in [1.29, 1.82) is 0 Å². The summed E-state index contributed by atoms with van der Waals surface area (Å²) in [6.45, 7) is 9.32. The third kappa shape index (κ3) is 3.47. The molecule has 1 heterocycles. The minimum absolute atomic E-state index is 0.0606. The van der Waals surface area contributed by atoms with Crippen molar-refractivity contribution < 1.29 is 9.53 Å². The topological polar surface area (TPSA) is 41.6 Å². The zero-order valence-corrected chi connectivity index (χ0v) is 9.95. The molecule has 0 bridgehead atoms. The van der Waals surface area contributed by atoms with Crippen molar-refractivity contribution in [2.75, 3.05) is 26.2 Å². The van der Waals surface area contributed by atoms with Crippen molar-refractivity contribution in [1.82, 2.24) is 10.2 Å². The molecule has 4 heteroatoms. The van der Waals surface area contributed by atoms with E-state index in [1.54, 1.807) is 0 Å². The number of rotatable bonds is 4. The number of hydrogen-bond acceptors (Lipinski definition) is 4. The van der Waals surface area contributed by atoms with E-state index in [2.05, 4.69) is 17.1 Å². The molecule has 4 nitrogen and oxygen atoms in total. The summed E-state index contributed by atoms with van der Waals surface area (Å²) in [4.78, 5) is 13.9. The van der Waals surface area contributed by atoms with Crippen LogP contribution < -0.4 is 5.32 Å². The van der Waals surface area contributed by atoms with E-state index in [4.69, 9.17) is 4.74 Å². The normalized spacial score (nSPS) is 24.9. The molecule has 0 aromatic carbocycles. The van der Waals surface area contributed by atoms with E-state index in [9.17, 15) is 4.79 Å². The van der Waals surface area contributed by atoms with Gasteiger partial charge in [-0.3, -0.25) is 9.69 Å². The smallest absolute Gasteiger partial charge is 0.323 e. The first-order chi connectivity index (χ1) is 7.19. The molecule has 0 radical (unpaired) electrons. The average molecular weight is 214 g/mol. The number of nitrogens with zero attached hydrogens (tertiary/aromatic N) is 1. The van der Waals surface area contributed by atoms with Gasteiger partial charge in [0.1, 0.15) is 6.04 Å². The van der Waals surface area contributed by atoms with E-state index >= 15 is 0 Å². The first-order valence-corrected chi connectivity index (χ1v) is 5.83. The van der Waals surface area contributed by atoms with Crippen molar-refractivity contribution in [3.05, 3.63) is 0 Å². The Morgan fingerprint density at radius 1 is 1.60 bits per heavy atom. The molecular formula is C11H22N2O2. The van der Waals surface area contributed by atoms with Gasteiger partial charge in [-0.15, -0.1) is 0 Å². The second-order valence-electron chi connectivity index (χ2n) is 4.03. The number of carbonyl (C=O) groups excluding carboxylic acids is 1. The van der Waals surface area contributed by atoms with Gasteiger partial charge in [-0.1, -0.05) is 6.92 Å². The fourth-order valence-corrected chi connectivity index (χ4v) is 2.06. The van der Waals surface area contributed by atoms with Gasteiger partial charge < -0.3 is 10.1 Å². The summed E-state index contributed by atoms with van der Waals surface area (Å²) in [7, 11) is 0. The third-order valence-corrected chi connectivity index (χ3v) is 2.79. The summed E-state index contributed by atoms with van der Waals surface area (Å²) in [5.74, 6) is -0.0749. The second kappa shape index (κ2) is 6.08. The van der Waals surface area contributed by atoms with E-state index in [0.717, 1.165) is 26.1 Å². The lowest BCUT2D eigenvalue weighted by Gasteiger charge is -2.36. The number of nitrogens with one attached hydrogen (secondary N) is 1. The molecule has 1 rings (SSSR count). The monoisotopic (exact) mass is 214 g/mol. The predicted octanol–water partition coefficient (Wildman–Crippen LogP) is 0.622. The zero-order chi connectivity index (χ0) is 11.3. The number of ether oxygens (including phenoxy) is 1. The summed E-state index contributed by atoms with van der Waals surface area (Å²) in [5, 5.41) is 3.37. The summed E-state index contributed by atoms with van der Waals surface area (Å²) in [6, 6.07) is 0.400. The summed E-state index contributed by atoms with van der Waals surface area (Å²) < 4.78 is 5.08. The molecule has 0 aliphatic carbocycles. The van der Waals surface area contributed by atoms with Crippen LogP contribution in [0.5, 0.6) is 0 Å². The van der Waals surface area contributed by atoms with Gasteiger partial charge in [-0.05, 0) is 20.3 Å². The molecule has 1 aliphatic heterocycles. The van der Waals surface area contributed by atoms with E-state index < -0.39 is 0 Å². The van der Waals surface area contributed by atoms with E-state index in [-0.39, 0.29) is 12.0 Å². The van der Waals surface area contributed by atoms with Gasteiger partial charge in [0.2, 0.25) is 0 Å². The summed E-state index contributed by atoms with van der Waals surface area (Å²) in [6.07, 6.45) is 0.825. The van der Waals surface area contributed by atoms with Crippen LogP contribution in [-0.4, -0.2) is 49.2 Å². The van der Waals surface area contributed by atoms with Gasteiger partial charge in [-0.25, -0.2) is 0 Å². The molecule has 0 spiro atoms. The Hall–Kier alpha value is -0.610. The lowest BCUT2D eigenvalue weighted by Crippen LogP contribution is -2.55. The number of carbonyl (C=O) groups is 1. The lowest BCUT2D eigenvalue weighted by atomic mass is 10.1. The highest BCUT2D eigenvalue weighted by molar-refractivity contribution is 5.75. The van der Waals surface area contributed by atoms with Crippen molar-refractivity contribution in [3.8, 4) is 0 Å². The molecule has 1 unspecified atom stereocenters. The van der Waals surface area contributed by atoms with Crippen LogP contribution >= 0.6 is 0 Å². The molecule has 1 aliphatic rings. The second-order valence-corrected chi connectivity index (χ2v) is 4.03. The Morgan fingerprint density at radius 2 is 2.33 bits per heavy atom. The maximum atomic E-state index is 11.7. The number of piperazine rings is 1. The molecule has 0 amide bonds. The standard InChI is InChI=1S/C11H22N2O2/c1-4-10(11(14)15-5-2)13-7-6-12-9(3)8-13/h9-10,12H,4-8H2,1-3H3/t9-,10?/m0/s1. The Bertz CT molecular complexity index is 209. The highest BCUT2D eigenvalue weighted by atomic mass is 16.5. The molecule has 15 heavy (non-hydrogen) atoms. The predicted molar refractivity (Wildman–Crippen MR) is 59.7 cm³/mol. The van der Waals surface area contributed by atoms with Crippen molar-refractivity contribution in [3.63, 3.8) is 0 Å². The first kappa shape index (κ1) is 12.5. The number of esters is 1. The van der Waals surface area contributed by atoms with Crippen LogP contribution in [-0.2, 0) is 9.53 Å². The average Bonchev–Trinajstić information content (AvgIpc) is 2.19. The van der Waals surface area contributed by atoms with Gasteiger partial charge in [0.15, 0.2) is 0 Å². The largest absolute Gasteiger partial charge is 0.465 e. The highest BCUT2D eigenvalue weighted by Gasteiger charge is 2.28. The van der Waals surface area contributed by atoms with Crippen LogP contribution in [0.25, 0.3) is 0 Å². The SMILES string of the molecule is CCOC(=O)C(CC)N1CCN[C@@H](C)C1. The Kier molecular flexibility index (Phi) is 5.05. The van der Waals surface area contributed by atoms with Gasteiger partial charge in [0, 0.05) is 25.7 Å². The molecule has 0 aromatic heterocycles. The maximum absolute atomic E-state index is 11.7. The van der Waals surface area contributed by atoms with Crippen LogP contribution in [0, 0.1) is 0 Å². The minimum atomic E-state index is -0.0749. The van der Waals surface area contributed by atoms with E-state index in [1.165, 1.54) is 0 Å². The highest BCUT2D eigenvalue weighted by Crippen LogP contribution is 2.09. The van der Waals surface area contributed by atoms with Crippen LogP contribution in [0.3, 0.4) is 0 Å². The Labute approximate surface area is 92.0 Å². The third-order valence-electron chi connectivity index (χ3n) is 2.79. The van der Waals surface area contributed by atoms with E-state index in [1.807, 2.05) is 13.8 Å². The molecule has 1 N–H and O–H groups in total. The van der Waals surface area contributed by atoms with Crippen LogP contribution in [0.2, 0.25) is 0 Å². The van der Waals surface area contributed by atoms with Gasteiger partial charge in [-0.2, -0.15) is 0 Å². The molecule has 0 aromatic rings. The first-order valence-electron chi connectivity index (χ1n) is 5.83. The fourth-order valence-electron chi connectivity index (χ4n) is 2.06. The fraction of sp³-hybridized carbons (Fsp3) is 0.909. The lowest BCUT2D eigenvalue weighted by molar-refractivity contribution is -0.150. The van der Waals surface area contributed by atoms with Gasteiger partial charge >= 0.3 is 5.97 Å². The molecular weight excluding hydrogens is 192 g/mol. The quantitative estimate of drug-likeness (QED) is 0.697.